The second kappa shape index (κ2) is 11.0. The Labute approximate surface area is 220 Å². The lowest BCUT2D eigenvalue weighted by Crippen LogP contribution is -2.38. The number of urea groups is 1. The largest absolute Gasteiger partial charge is 0.488 e. The smallest absolute Gasteiger partial charge is 0.329 e. The van der Waals surface area contributed by atoms with Gasteiger partial charge < -0.3 is 15.4 Å². The molecule has 1 fully saturated rings. The number of hydrogen-bond donors (Lipinski definition) is 2. The lowest BCUT2D eigenvalue weighted by molar-refractivity contribution is -0.127. The van der Waals surface area contributed by atoms with Crippen molar-refractivity contribution in [2.75, 3.05) is 11.9 Å². The van der Waals surface area contributed by atoms with Gasteiger partial charge in [0.05, 0.1) is 0 Å². The van der Waals surface area contributed by atoms with Crippen LogP contribution in [-0.4, -0.2) is 29.3 Å². The normalized spacial score (nSPS) is 14.1. The maximum atomic E-state index is 13.0. The van der Waals surface area contributed by atoms with Crippen LogP contribution in [0.2, 0.25) is 0 Å². The van der Waals surface area contributed by atoms with Gasteiger partial charge in [-0.15, -0.1) is 0 Å². The number of anilines is 1. The summed E-state index contributed by atoms with van der Waals surface area (Å²) in [5.41, 5.74) is 3.40. The Kier molecular flexibility index (Phi) is 7.17. The number of imide groups is 1. The number of nitrogens with one attached hydrogen (secondary N) is 2. The number of fused-ring (bicyclic) bond motifs is 1. The van der Waals surface area contributed by atoms with Crippen molar-refractivity contribution in [2.45, 2.75) is 20.0 Å². The molecule has 0 saturated carbocycles. The molecule has 4 aromatic carbocycles. The molecule has 4 aromatic rings. The lowest BCUT2D eigenvalue weighted by Gasteiger charge is -2.14. The van der Waals surface area contributed by atoms with Gasteiger partial charge >= 0.3 is 6.03 Å². The van der Waals surface area contributed by atoms with E-state index in [9.17, 15) is 14.4 Å². The first-order valence-electron chi connectivity index (χ1n) is 12.4. The van der Waals surface area contributed by atoms with E-state index in [1.54, 1.807) is 12.1 Å². The SMILES string of the molecule is CCc1ccccc1NC(=O)CN1C(=O)N/C(=C/c2ccccc2OCc2cccc3ccccc23)C1=O. The number of para-hydroxylation sites is 2. The molecular formula is C31H27N3O4. The van der Waals surface area contributed by atoms with E-state index in [0.717, 1.165) is 33.2 Å². The fraction of sp³-hybridized carbons (Fsp3) is 0.129. The van der Waals surface area contributed by atoms with E-state index < -0.39 is 17.8 Å². The van der Waals surface area contributed by atoms with Crippen LogP contribution in [0.15, 0.2) is 96.7 Å². The number of nitrogens with zero attached hydrogens (tertiary/aromatic N) is 1. The number of aryl methyl sites for hydroxylation is 1. The summed E-state index contributed by atoms with van der Waals surface area (Å²) >= 11 is 0. The molecule has 2 N–H and O–H groups in total. The van der Waals surface area contributed by atoms with Crippen molar-refractivity contribution in [3.63, 3.8) is 0 Å². The van der Waals surface area contributed by atoms with Gasteiger partial charge in [0.25, 0.3) is 5.91 Å². The van der Waals surface area contributed by atoms with E-state index >= 15 is 0 Å². The molecule has 1 saturated heterocycles. The average Bonchev–Trinajstić information content (AvgIpc) is 3.20. The highest BCUT2D eigenvalue weighted by Crippen LogP contribution is 2.26. The molecule has 4 amide bonds. The van der Waals surface area contributed by atoms with Crippen molar-refractivity contribution in [1.82, 2.24) is 10.2 Å². The Morgan fingerprint density at radius 3 is 2.47 bits per heavy atom. The summed E-state index contributed by atoms with van der Waals surface area (Å²) in [5.74, 6) is -0.449. The molecule has 0 bridgehead atoms. The number of carbonyl (C=O) groups is 3. The molecular weight excluding hydrogens is 478 g/mol. The first-order chi connectivity index (χ1) is 18.5. The highest BCUT2D eigenvalue weighted by molar-refractivity contribution is 6.16. The van der Waals surface area contributed by atoms with Crippen LogP contribution in [-0.2, 0) is 22.6 Å². The van der Waals surface area contributed by atoms with Crippen LogP contribution in [0.1, 0.15) is 23.6 Å². The first-order valence-corrected chi connectivity index (χ1v) is 12.4. The fourth-order valence-electron chi connectivity index (χ4n) is 4.46. The highest BCUT2D eigenvalue weighted by Gasteiger charge is 2.35. The van der Waals surface area contributed by atoms with Crippen LogP contribution < -0.4 is 15.4 Å². The number of carbonyl (C=O) groups excluding carboxylic acids is 3. The molecule has 5 rings (SSSR count). The summed E-state index contributed by atoms with van der Waals surface area (Å²) in [4.78, 5) is 39.1. The molecule has 0 unspecified atom stereocenters. The lowest BCUT2D eigenvalue weighted by atomic mass is 10.1. The number of rotatable bonds is 8. The Bertz CT molecular complexity index is 1550. The van der Waals surface area contributed by atoms with Gasteiger partial charge in [0, 0.05) is 11.3 Å². The summed E-state index contributed by atoms with van der Waals surface area (Å²) in [6.07, 6.45) is 2.32. The second-order valence-electron chi connectivity index (χ2n) is 8.90. The van der Waals surface area contributed by atoms with Gasteiger partial charge in [0.15, 0.2) is 0 Å². The second-order valence-corrected chi connectivity index (χ2v) is 8.90. The molecule has 1 heterocycles. The minimum atomic E-state index is -0.644. The maximum absolute atomic E-state index is 13.0. The Morgan fingerprint density at radius 1 is 0.895 bits per heavy atom. The van der Waals surface area contributed by atoms with E-state index in [4.69, 9.17) is 4.74 Å². The van der Waals surface area contributed by atoms with E-state index in [0.29, 0.717) is 23.6 Å². The van der Waals surface area contributed by atoms with E-state index in [2.05, 4.69) is 28.8 Å². The molecule has 190 valence electrons. The van der Waals surface area contributed by atoms with Gasteiger partial charge in [-0.05, 0) is 46.5 Å². The molecule has 1 aliphatic rings. The van der Waals surface area contributed by atoms with E-state index in [-0.39, 0.29) is 12.2 Å². The summed E-state index contributed by atoms with van der Waals surface area (Å²) < 4.78 is 6.14. The Balaban J connectivity index is 1.30. The third-order valence-electron chi connectivity index (χ3n) is 6.42. The van der Waals surface area contributed by atoms with Crippen LogP contribution in [0, 0.1) is 0 Å². The predicted molar refractivity (Wildman–Crippen MR) is 147 cm³/mol. The van der Waals surface area contributed by atoms with Crippen molar-refractivity contribution in [2.24, 2.45) is 0 Å². The van der Waals surface area contributed by atoms with E-state index in [1.165, 1.54) is 0 Å². The van der Waals surface area contributed by atoms with Crippen molar-refractivity contribution in [3.8, 4) is 5.75 Å². The Morgan fingerprint density at radius 2 is 1.61 bits per heavy atom. The van der Waals surface area contributed by atoms with E-state index in [1.807, 2.05) is 73.7 Å². The van der Waals surface area contributed by atoms with Crippen molar-refractivity contribution in [1.29, 1.82) is 0 Å². The minimum Gasteiger partial charge on any atom is -0.488 e. The van der Waals surface area contributed by atoms with Gasteiger partial charge in [-0.3, -0.25) is 9.59 Å². The quantitative estimate of drug-likeness (QED) is 0.244. The van der Waals surface area contributed by atoms with Gasteiger partial charge in [-0.1, -0.05) is 85.8 Å². The molecule has 7 nitrogen and oxygen atoms in total. The van der Waals surface area contributed by atoms with Gasteiger partial charge in [-0.25, -0.2) is 9.69 Å². The number of hydrogen-bond acceptors (Lipinski definition) is 4. The van der Waals surface area contributed by atoms with Crippen LogP contribution in [0.4, 0.5) is 10.5 Å². The zero-order valence-electron chi connectivity index (χ0n) is 20.9. The molecule has 38 heavy (non-hydrogen) atoms. The molecule has 0 atom stereocenters. The highest BCUT2D eigenvalue weighted by atomic mass is 16.5. The molecule has 0 spiro atoms. The number of ether oxygens (including phenoxy) is 1. The summed E-state index contributed by atoms with van der Waals surface area (Å²) in [6.45, 7) is 1.94. The topological polar surface area (TPSA) is 87.7 Å². The molecule has 0 radical (unpaired) electrons. The molecule has 1 aliphatic heterocycles. The van der Waals surface area contributed by atoms with Crippen LogP contribution in [0.25, 0.3) is 16.8 Å². The van der Waals surface area contributed by atoms with Gasteiger partial charge in [0.1, 0.15) is 24.6 Å². The van der Waals surface area contributed by atoms with Crippen LogP contribution in [0.5, 0.6) is 5.75 Å². The number of benzene rings is 4. The zero-order chi connectivity index (χ0) is 26.5. The minimum absolute atomic E-state index is 0.0815. The van der Waals surface area contributed by atoms with Crippen molar-refractivity contribution < 1.29 is 19.1 Å². The average molecular weight is 506 g/mol. The third-order valence-corrected chi connectivity index (χ3v) is 6.42. The fourth-order valence-corrected chi connectivity index (χ4v) is 4.46. The van der Waals surface area contributed by atoms with Gasteiger partial charge in [-0.2, -0.15) is 0 Å². The summed E-state index contributed by atoms with van der Waals surface area (Å²) in [6, 6.07) is 28.3. The zero-order valence-corrected chi connectivity index (χ0v) is 20.9. The molecule has 7 heteroatoms. The van der Waals surface area contributed by atoms with Gasteiger partial charge in [0.2, 0.25) is 5.91 Å². The maximum Gasteiger partial charge on any atom is 0.329 e. The van der Waals surface area contributed by atoms with Crippen molar-refractivity contribution >= 4 is 40.4 Å². The third kappa shape index (κ3) is 5.27. The van der Waals surface area contributed by atoms with Crippen molar-refractivity contribution in [3.05, 3.63) is 113 Å². The summed E-state index contributed by atoms with van der Waals surface area (Å²) in [5, 5.41) is 7.62. The Hall–Kier alpha value is -4.91. The molecule has 0 aliphatic carbocycles. The first kappa shape index (κ1) is 24.8. The monoisotopic (exact) mass is 505 g/mol. The van der Waals surface area contributed by atoms with Crippen LogP contribution >= 0.6 is 0 Å². The summed E-state index contributed by atoms with van der Waals surface area (Å²) in [7, 11) is 0. The number of amides is 4. The standard InChI is InChI=1S/C31H27N3O4/c1-2-21-10-4-7-16-26(21)32-29(35)19-34-30(36)27(33-31(34)37)18-23-12-5-8-17-28(23)38-20-24-14-9-13-22-11-3-6-15-25(22)24/h3-18H,2,19-20H2,1H3,(H,32,35)(H,33,37)/b27-18+. The molecule has 0 aromatic heterocycles. The predicted octanol–water partition coefficient (Wildman–Crippen LogP) is 5.51. The van der Waals surface area contributed by atoms with Crippen LogP contribution in [0.3, 0.4) is 0 Å².